The molecule has 2 aromatic rings. The number of carbonyl (C=O) groups excluding carboxylic acids is 1. The average molecular weight is 411 g/mol. The maximum Gasteiger partial charge on any atom is 0.256 e. The van der Waals surface area contributed by atoms with Gasteiger partial charge in [0.1, 0.15) is 6.10 Å². The van der Waals surface area contributed by atoms with Gasteiger partial charge in [0.05, 0.1) is 6.04 Å². The monoisotopic (exact) mass is 409 g/mol. The van der Waals surface area contributed by atoms with E-state index in [0.29, 0.717) is 6.42 Å². The van der Waals surface area contributed by atoms with Gasteiger partial charge in [-0.2, -0.15) is 0 Å². The van der Waals surface area contributed by atoms with E-state index < -0.39 is 6.10 Å². The topological polar surface area (TPSA) is 40.5 Å². The third kappa shape index (κ3) is 2.91. The van der Waals surface area contributed by atoms with Crippen molar-refractivity contribution in [3.63, 3.8) is 0 Å². The molecule has 0 spiro atoms. The highest BCUT2D eigenvalue weighted by Crippen LogP contribution is 2.38. The highest BCUT2D eigenvalue weighted by molar-refractivity contribution is 9.10. The first kappa shape index (κ1) is 14.8. The Kier molecular flexibility index (Phi) is 4.15. The van der Waals surface area contributed by atoms with Crippen LogP contribution in [0.15, 0.2) is 57.5 Å². The molecule has 1 heterocycles. The Labute approximate surface area is 139 Å². The van der Waals surface area contributed by atoms with Gasteiger partial charge in [0, 0.05) is 21.1 Å². The summed E-state index contributed by atoms with van der Waals surface area (Å²) in [5, 5.41) is 9.97. The SMILES string of the molecule is O=C1C(O)CC(c2cccc(Br)c2)N1c1ccc(Br)cc1. The van der Waals surface area contributed by atoms with Gasteiger partial charge in [0.2, 0.25) is 0 Å². The van der Waals surface area contributed by atoms with Crippen LogP contribution in [0.25, 0.3) is 0 Å². The quantitative estimate of drug-likeness (QED) is 0.811. The molecule has 5 heteroatoms. The van der Waals surface area contributed by atoms with Crippen LogP contribution < -0.4 is 4.90 Å². The highest BCUT2D eigenvalue weighted by atomic mass is 79.9. The van der Waals surface area contributed by atoms with E-state index >= 15 is 0 Å². The van der Waals surface area contributed by atoms with Gasteiger partial charge in [-0.15, -0.1) is 0 Å². The molecule has 0 radical (unpaired) electrons. The van der Waals surface area contributed by atoms with Gasteiger partial charge in [-0.05, 0) is 42.0 Å². The van der Waals surface area contributed by atoms with Crippen LogP contribution in [0.4, 0.5) is 5.69 Å². The Morgan fingerprint density at radius 1 is 1.05 bits per heavy atom. The molecular formula is C16H13Br2NO2. The Hall–Kier alpha value is -1.17. The number of anilines is 1. The molecule has 1 N–H and O–H groups in total. The molecule has 108 valence electrons. The standard InChI is InChI=1S/C16H13Br2NO2/c17-11-4-6-13(7-5-11)19-14(9-15(20)16(19)21)10-2-1-3-12(18)8-10/h1-8,14-15,20H,9H2. The van der Waals surface area contributed by atoms with E-state index in [1.54, 1.807) is 4.90 Å². The average Bonchev–Trinajstić information content (AvgIpc) is 2.76. The van der Waals surface area contributed by atoms with Gasteiger partial charge in [-0.25, -0.2) is 0 Å². The van der Waals surface area contributed by atoms with Crippen LogP contribution in [0, 0.1) is 0 Å². The van der Waals surface area contributed by atoms with E-state index in [1.165, 1.54) is 0 Å². The zero-order valence-electron chi connectivity index (χ0n) is 11.0. The molecule has 1 amide bonds. The summed E-state index contributed by atoms with van der Waals surface area (Å²) < 4.78 is 1.92. The minimum Gasteiger partial charge on any atom is -0.383 e. The van der Waals surface area contributed by atoms with Crippen molar-refractivity contribution in [3.8, 4) is 0 Å². The fourth-order valence-electron chi connectivity index (χ4n) is 2.64. The van der Waals surface area contributed by atoms with Gasteiger partial charge in [-0.1, -0.05) is 44.0 Å². The second-order valence-corrected chi connectivity index (χ2v) is 6.84. The highest BCUT2D eigenvalue weighted by Gasteiger charge is 2.40. The van der Waals surface area contributed by atoms with Gasteiger partial charge < -0.3 is 10.0 Å². The molecule has 1 fully saturated rings. The first-order valence-electron chi connectivity index (χ1n) is 6.58. The van der Waals surface area contributed by atoms with E-state index in [-0.39, 0.29) is 11.9 Å². The van der Waals surface area contributed by atoms with Crippen LogP contribution in [-0.4, -0.2) is 17.1 Å². The largest absolute Gasteiger partial charge is 0.383 e. The number of carbonyl (C=O) groups is 1. The normalized spacial score (nSPS) is 21.9. The summed E-state index contributed by atoms with van der Waals surface area (Å²) in [6.07, 6.45) is -0.539. The Morgan fingerprint density at radius 3 is 2.43 bits per heavy atom. The Morgan fingerprint density at radius 2 is 1.76 bits per heavy atom. The predicted octanol–water partition coefficient (Wildman–Crippen LogP) is 4.05. The molecule has 1 aliphatic rings. The molecule has 3 nitrogen and oxygen atoms in total. The molecule has 2 unspecified atom stereocenters. The van der Waals surface area contributed by atoms with E-state index in [4.69, 9.17) is 0 Å². The lowest BCUT2D eigenvalue weighted by molar-refractivity contribution is -0.124. The molecule has 3 rings (SSSR count). The maximum atomic E-state index is 12.3. The van der Waals surface area contributed by atoms with E-state index in [2.05, 4.69) is 31.9 Å². The summed E-state index contributed by atoms with van der Waals surface area (Å²) in [6.45, 7) is 0. The number of benzene rings is 2. The number of halogens is 2. The molecule has 21 heavy (non-hydrogen) atoms. The minimum absolute atomic E-state index is 0.147. The third-order valence-electron chi connectivity index (χ3n) is 3.62. The van der Waals surface area contributed by atoms with Gasteiger partial charge in [0.15, 0.2) is 0 Å². The summed E-state index contributed by atoms with van der Waals surface area (Å²) in [5.74, 6) is -0.248. The maximum absolute atomic E-state index is 12.3. The number of aliphatic hydroxyl groups is 1. The fourth-order valence-corrected chi connectivity index (χ4v) is 3.32. The van der Waals surface area contributed by atoms with Crippen molar-refractivity contribution < 1.29 is 9.90 Å². The van der Waals surface area contributed by atoms with Crippen molar-refractivity contribution >= 4 is 43.5 Å². The fraction of sp³-hybridized carbons (Fsp3) is 0.188. The Balaban J connectivity index is 2.02. The summed E-state index contributed by atoms with van der Waals surface area (Å²) in [7, 11) is 0. The van der Waals surface area contributed by atoms with Crippen molar-refractivity contribution in [2.75, 3.05) is 4.90 Å². The molecule has 0 aliphatic carbocycles. The molecule has 0 aromatic heterocycles. The minimum atomic E-state index is -0.947. The van der Waals surface area contributed by atoms with Crippen molar-refractivity contribution in [2.45, 2.75) is 18.6 Å². The number of rotatable bonds is 2. The molecule has 1 saturated heterocycles. The lowest BCUT2D eigenvalue weighted by Gasteiger charge is -2.25. The second-order valence-electron chi connectivity index (χ2n) is 5.01. The molecule has 2 atom stereocenters. The lowest BCUT2D eigenvalue weighted by atomic mass is 10.0. The summed E-state index contributed by atoms with van der Waals surface area (Å²) >= 11 is 6.84. The van der Waals surface area contributed by atoms with Crippen LogP contribution in [0.3, 0.4) is 0 Å². The predicted molar refractivity (Wildman–Crippen MR) is 89.1 cm³/mol. The molecule has 0 saturated carbocycles. The van der Waals surface area contributed by atoms with E-state index in [1.807, 2.05) is 48.5 Å². The van der Waals surface area contributed by atoms with E-state index in [9.17, 15) is 9.90 Å². The van der Waals surface area contributed by atoms with Gasteiger partial charge >= 0.3 is 0 Å². The van der Waals surface area contributed by atoms with Crippen LogP contribution in [0.1, 0.15) is 18.0 Å². The van der Waals surface area contributed by atoms with Crippen LogP contribution >= 0.6 is 31.9 Å². The third-order valence-corrected chi connectivity index (χ3v) is 4.64. The van der Waals surface area contributed by atoms with Crippen LogP contribution in [0.2, 0.25) is 0 Å². The van der Waals surface area contributed by atoms with E-state index in [0.717, 1.165) is 20.2 Å². The lowest BCUT2D eigenvalue weighted by Crippen LogP contribution is -2.30. The van der Waals surface area contributed by atoms with Crippen LogP contribution in [0.5, 0.6) is 0 Å². The second kappa shape index (κ2) is 5.91. The van der Waals surface area contributed by atoms with Crippen molar-refractivity contribution in [2.24, 2.45) is 0 Å². The van der Waals surface area contributed by atoms with Crippen molar-refractivity contribution in [1.82, 2.24) is 0 Å². The number of nitrogens with zero attached hydrogens (tertiary/aromatic N) is 1. The van der Waals surface area contributed by atoms with Crippen LogP contribution in [-0.2, 0) is 4.79 Å². The molecule has 2 aromatic carbocycles. The smallest absolute Gasteiger partial charge is 0.256 e. The first-order valence-corrected chi connectivity index (χ1v) is 8.17. The summed E-state index contributed by atoms with van der Waals surface area (Å²) in [4.78, 5) is 14.0. The molecule has 1 aliphatic heterocycles. The summed E-state index contributed by atoms with van der Waals surface area (Å²) in [6, 6.07) is 15.3. The van der Waals surface area contributed by atoms with Gasteiger partial charge in [-0.3, -0.25) is 4.79 Å². The number of amides is 1. The molecular weight excluding hydrogens is 398 g/mol. The number of hydrogen-bond acceptors (Lipinski definition) is 2. The molecule has 0 bridgehead atoms. The van der Waals surface area contributed by atoms with Crippen molar-refractivity contribution in [3.05, 3.63) is 63.0 Å². The Bertz CT molecular complexity index is 672. The zero-order valence-corrected chi connectivity index (χ0v) is 14.2. The van der Waals surface area contributed by atoms with Gasteiger partial charge in [0.25, 0.3) is 5.91 Å². The zero-order chi connectivity index (χ0) is 15.0. The number of hydrogen-bond donors (Lipinski definition) is 1. The summed E-state index contributed by atoms with van der Waals surface area (Å²) in [5.41, 5.74) is 1.81. The first-order chi connectivity index (χ1) is 10.1. The van der Waals surface area contributed by atoms with Crippen molar-refractivity contribution in [1.29, 1.82) is 0 Å². The number of aliphatic hydroxyl groups excluding tert-OH is 1.